The zero-order valence-corrected chi connectivity index (χ0v) is 12.0. The average molecular weight is 267 g/mol. The fraction of sp³-hybridized carbons (Fsp3) is 0.615. The van der Waals surface area contributed by atoms with Crippen molar-refractivity contribution >= 4 is 17.2 Å². The first kappa shape index (κ1) is 13.5. The molecule has 2 heterocycles. The summed E-state index contributed by atoms with van der Waals surface area (Å²) in [5.74, 6) is 0.208. The van der Waals surface area contributed by atoms with Crippen molar-refractivity contribution in [2.45, 2.75) is 25.6 Å². The number of nitrogens with zero attached hydrogens (tertiary/aromatic N) is 2. The molecule has 18 heavy (non-hydrogen) atoms. The normalized spacial score (nSPS) is 21.9. The standard InChI is InChI=1S/C13H21N3OS/c1-10(6-7-15(2)3)16-12(17)9-14-13(16)11-5-4-8-18-11/h4-5,8,10,13-14H,6-7,9H2,1-3H3. The predicted molar refractivity (Wildman–Crippen MR) is 74.5 cm³/mol. The van der Waals surface area contributed by atoms with E-state index in [1.54, 1.807) is 11.3 Å². The molecule has 1 amide bonds. The van der Waals surface area contributed by atoms with Crippen molar-refractivity contribution < 1.29 is 4.79 Å². The molecule has 0 bridgehead atoms. The molecule has 0 spiro atoms. The van der Waals surface area contributed by atoms with E-state index in [0.29, 0.717) is 6.54 Å². The van der Waals surface area contributed by atoms with Crippen molar-refractivity contribution in [3.63, 3.8) is 0 Å². The molecule has 1 aliphatic rings. The van der Waals surface area contributed by atoms with Gasteiger partial charge in [0, 0.05) is 10.9 Å². The summed E-state index contributed by atoms with van der Waals surface area (Å²) in [4.78, 5) is 17.4. The Bertz CT molecular complexity index is 391. The van der Waals surface area contributed by atoms with Gasteiger partial charge in [0.15, 0.2) is 0 Å². The number of carbonyl (C=O) groups excluding carboxylic acids is 1. The number of thiophene rings is 1. The van der Waals surface area contributed by atoms with Crippen LogP contribution in [0.3, 0.4) is 0 Å². The van der Waals surface area contributed by atoms with Gasteiger partial charge in [0.1, 0.15) is 6.17 Å². The Morgan fingerprint density at radius 3 is 3.00 bits per heavy atom. The van der Waals surface area contributed by atoms with Gasteiger partial charge >= 0.3 is 0 Å². The van der Waals surface area contributed by atoms with E-state index in [9.17, 15) is 4.79 Å². The molecule has 100 valence electrons. The molecule has 1 saturated heterocycles. The van der Waals surface area contributed by atoms with Crippen LogP contribution in [0.2, 0.25) is 0 Å². The Hall–Kier alpha value is -0.910. The van der Waals surface area contributed by atoms with Gasteiger partial charge in [-0.15, -0.1) is 11.3 Å². The molecule has 0 aliphatic carbocycles. The maximum absolute atomic E-state index is 12.0. The van der Waals surface area contributed by atoms with Crippen LogP contribution in [-0.2, 0) is 4.79 Å². The minimum absolute atomic E-state index is 0.0645. The predicted octanol–water partition coefficient (Wildman–Crippen LogP) is 1.52. The lowest BCUT2D eigenvalue weighted by Crippen LogP contribution is -2.39. The summed E-state index contributed by atoms with van der Waals surface area (Å²) < 4.78 is 0. The lowest BCUT2D eigenvalue weighted by atomic mass is 10.2. The Morgan fingerprint density at radius 1 is 1.61 bits per heavy atom. The smallest absolute Gasteiger partial charge is 0.238 e. The molecule has 1 N–H and O–H groups in total. The molecule has 5 heteroatoms. The first-order valence-corrected chi connectivity index (χ1v) is 7.20. The molecule has 1 aliphatic heterocycles. The molecular weight excluding hydrogens is 246 g/mol. The van der Waals surface area contributed by atoms with E-state index < -0.39 is 0 Å². The summed E-state index contributed by atoms with van der Waals surface area (Å²) in [6, 6.07) is 4.39. The van der Waals surface area contributed by atoms with Crippen LogP contribution in [0.1, 0.15) is 24.4 Å². The molecule has 2 unspecified atom stereocenters. The zero-order chi connectivity index (χ0) is 13.1. The topological polar surface area (TPSA) is 35.6 Å². The summed E-state index contributed by atoms with van der Waals surface area (Å²) in [7, 11) is 4.13. The van der Waals surface area contributed by atoms with Crippen molar-refractivity contribution in [3.8, 4) is 0 Å². The summed E-state index contributed by atoms with van der Waals surface area (Å²) >= 11 is 1.70. The van der Waals surface area contributed by atoms with Crippen LogP contribution < -0.4 is 5.32 Å². The number of nitrogens with one attached hydrogen (secondary N) is 1. The number of hydrogen-bond donors (Lipinski definition) is 1. The zero-order valence-electron chi connectivity index (χ0n) is 11.2. The minimum Gasteiger partial charge on any atom is -0.318 e. The summed E-state index contributed by atoms with van der Waals surface area (Å²) in [5.41, 5.74) is 0. The molecule has 0 saturated carbocycles. The third kappa shape index (κ3) is 2.91. The SMILES string of the molecule is CC(CCN(C)C)N1C(=O)CNC1c1cccs1. The molecule has 0 aromatic carbocycles. The van der Waals surface area contributed by atoms with Gasteiger partial charge in [-0.2, -0.15) is 0 Å². The van der Waals surface area contributed by atoms with Gasteiger partial charge in [0.2, 0.25) is 5.91 Å². The van der Waals surface area contributed by atoms with Crippen LogP contribution in [0.4, 0.5) is 0 Å². The van der Waals surface area contributed by atoms with Crippen molar-refractivity contribution in [3.05, 3.63) is 22.4 Å². The van der Waals surface area contributed by atoms with E-state index in [0.717, 1.165) is 13.0 Å². The second-order valence-corrected chi connectivity index (χ2v) is 6.02. The van der Waals surface area contributed by atoms with E-state index in [4.69, 9.17) is 0 Å². The van der Waals surface area contributed by atoms with Crippen molar-refractivity contribution in [2.24, 2.45) is 0 Å². The monoisotopic (exact) mass is 267 g/mol. The fourth-order valence-corrected chi connectivity index (χ4v) is 3.08. The van der Waals surface area contributed by atoms with Gasteiger partial charge in [-0.05, 0) is 45.4 Å². The van der Waals surface area contributed by atoms with Gasteiger partial charge in [-0.3, -0.25) is 10.1 Å². The Kier molecular flexibility index (Phi) is 4.37. The average Bonchev–Trinajstić information content (AvgIpc) is 2.94. The third-order valence-electron chi connectivity index (χ3n) is 3.29. The van der Waals surface area contributed by atoms with E-state index in [1.165, 1.54) is 4.88 Å². The molecule has 4 nitrogen and oxygen atoms in total. The number of carbonyl (C=O) groups is 1. The fourth-order valence-electron chi connectivity index (χ4n) is 2.29. The van der Waals surface area contributed by atoms with Crippen LogP contribution in [-0.4, -0.2) is 48.9 Å². The van der Waals surface area contributed by atoms with Crippen LogP contribution in [0.15, 0.2) is 17.5 Å². The van der Waals surface area contributed by atoms with Crippen LogP contribution in [0.5, 0.6) is 0 Å². The largest absolute Gasteiger partial charge is 0.318 e. The highest BCUT2D eigenvalue weighted by Gasteiger charge is 2.35. The molecular formula is C13H21N3OS. The van der Waals surface area contributed by atoms with Gasteiger partial charge in [-0.1, -0.05) is 6.07 Å². The second kappa shape index (κ2) is 5.82. The van der Waals surface area contributed by atoms with Gasteiger partial charge in [-0.25, -0.2) is 0 Å². The third-order valence-corrected chi connectivity index (χ3v) is 4.22. The molecule has 2 atom stereocenters. The van der Waals surface area contributed by atoms with E-state index >= 15 is 0 Å². The number of rotatable bonds is 5. The molecule has 1 aromatic heterocycles. The maximum atomic E-state index is 12.0. The van der Waals surface area contributed by atoms with E-state index in [2.05, 4.69) is 42.7 Å². The van der Waals surface area contributed by atoms with Gasteiger partial charge in [0.25, 0.3) is 0 Å². The second-order valence-electron chi connectivity index (χ2n) is 5.04. The van der Waals surface area contributed by atoms with Crippen molar-refractivity contribution in [1.29, 1.82) is 0 Å². The van der Waals surface area contributed by atoms with Crippen LogP contribution in [0, 0.1) is 0 Å². The first-order valence-electron chi connectivity index (χ1n) is 6.32. The van der Waals surface area contributed by atoms with Crippen LogP contribution >= 0.6 is 11.3 Å². The van der Waals surface area contributed by atoms with Gasteiger partial charge in [0.05, 0.1) is 6.54 Å². The molecule has 1 aromatic rings. The Morgan fingerprint density at radius 2 is 2.39 bits per heavy atom. The highest BCUT2D eigenvalue weighted by molar-refractivity contribution is 7.10. The van der Waals surface area contributed by atoms with Crippen molar-refractivity contribution in [2.75, 3.05) is 27.2 Å². The summed E-state index contributed by atoms with van der Waals surface area (Å²) in [6.45, 7) is 3.59. The lowest BCUT2D eigenvalue weighted by Gasteiger charge is -2.30. The summed E-state index contributed by atoms with van der Waals surface area (Å²) in [6.07, 6.45) is 1.07. The Labute approximate surface area is 113 Å². The summed E-state index contributed by atoms with van der Waals surface area (Å²) in [5, 5.41) is 5.36. The molecule has 2 rings (SSSR count). The lowest BCUT2D eigenvalue weighted by molar-refractivity contribution is -0.130. The molecule has 1 fully saturated rings. The highest BCUT2D eigenvalue weighted by Crippen LogP contribution is 2.28. The Balaban J connectivity index is 2.05. The molecule has 0 radical (unpaired) electrons. The minimum atomic E-state index is 0.0645. The van der Waals surface area contributed by atoms with Gasteiger partial charge < -0.3 is 9.80 Å². The first-order chi connectivity index (χ1) is 8.59. The quantitative estimate of drug-likeness (QED) is 0.878. The highest BCUT2D eigenvalue weighted by atomic mass is 32.1. The van der Waals surface area contributed by atoms with E-state index in [1.807, 2.05) is 11.0 Å². The number of hydrogen-bond acceptors (Lipinski definition) is 4. The number of amides is 1. The van der Waals surface area contributed by atoms with Crippen LogP contribution in [0.25, 0.3) is 0 Å². The van der Waals surface area contributed by atoms with E-state index in [-0.39, 0.29) is 18.1 Å². The van der Waals surface area contributed by atoms with Crippen molar-refractivity contribution in [1.82, 2.24) is 15.1 Å². The maximum Gasteiger partial charge on any atom is 0.238 e.